The van der Waals surface area contributed by atoms with Crippen LogP contribution in [0.1, 0.15) is 5.69 Å². The monoisotopic (exact) mass is 160 g/mol. The Bertz CT molecular complexity index is 366. The molecule has 0 atom stereocenters. The maximum absolute atomic E-state index is 4.11. The first-order chi connectivity index (χ1) is 5.88. The van der Waals surface area contributed by atoms with Crippen LogP contribution in [-0.4, -0.2) is 19.7 Å². The predicted octanol–water partition coefficient (Wildman–Crippen LogP) is 0.971. The second-order valence-electron chi connectivity index (χ2n) is 2.45. The molecule has 0 aliphatic heterocycles. The van der Waals surface area contributed by atoms with Crippen LogP contribution in [0.2, 0.25) is 0 Å². The maximum atomic E-state index is 4.11. The highest BCUT2D eigenvalue weighted by molar-refractivity contribution is 5.20. The summed E-state index contributed by atoms with van der Waals surface area (Å²) in [6.45, 7) is 1.98. The van der Waals surface area contributed by atoms with Crippen molar-refractivity contribution in [3.8, 4) is 5.82 Å². The van der Waals surface area contributed by atoms with Gasteiger partial charge in [0.05, 0.1) is 0 Å². The lowest BCUT2D eigenvalue weighted by Gasteiger charge is -2.00. The number of hydrogen-bond donors (Lipinski definition) is 0. The number of aromatic nitrogens is 4. The highest BCUT2D eigenvalue weighted by Crippen LogP contribution is 2.03. The Kier molecular flexibility index (Phi) is 1.59. The van der Waals surface area contributed by atoms with E-state index in [1.54, 1.807) is 17.1 Å². The van der Waals surface area contributed by atoms with Crippen LogP contribution in [0, 0.1) is 6.92 Å². The summed E-state index contributed by atoms with van der Waals surface area (Å²) in [5.74, 6) is 0.799. The van der Waals surface area contributed by atoms with E-state index in [2.05, 4.69) is 15.1 Å². The predicted molar refractivity (Wildman–Crippen MR) is 43.9 cm³/mol. The van der Waals surface area contributed by atoms with Gasteiger partial charge in [-0.15, -0.1) is 0 Å². The van der Waals surface area contributed by atoms with E-state index in [0.29, 0.717) is 0 Å². The lowest BCUT2D eigenvalue weighted by molar-refractivity contribution is 0.811. The van der Waals surface area contributed by atoms with Crippen LogP contribution < -0.4 is 0 Å². The first-order valence-electron chi connectivity index (χ1n) is 3.65. The maximum Gasteiger partial charge on any atom is 0.156 e. The smallest absolute Gasteiger partial charge is 0.156 e. The molecule has 0 fully saturated rings. The van der Waals surface area contributed by atoms with Crippen molar-refractivity contribution in [3.63, 3.8) is 0 Å². The van der Waals surface area contributed by atoms with Gasteiger partial charge in [0.15, 0.2) is 5.82 Å². The summed E-state index contributed by atoms with van der Waals surface area (Å²) in [6.07, 6.45) is 4.96. The minimum Gasteiger partial charge on any atom is -0.245 e. The molecule has 0 bridgehead atoms. The fourth-order valence-electron chi connectivity index (χ4n) is 1.02. The van der Waals surface area contributed by atoms with Crippen molar-refractivity contribution in [1.82, 2.24) is 19.7 Å². The second kappa shape index (κ2) is 2.73. The van der Waals surface area contributed by atoms with E-state index in [9.17, 15) is 0 Å². The zero-order chi connectivity index (χ0) is 8.39. The van der Waals surface area contributed by atoms with E-state index in [0.717, 1.165) is 11.5 Å². The zero-order valence-corrected chi connectivity index (χ0v) is 6.68. The lowest BCUT2D eigenvalue weighted by atomic mass is 10.5. The SMILES string of the molecule is Cc1ccnn1-c1ccncn1. The van der Waals surface area contributed by atoms with Crippen LogP contribution in [0.25, 0.3) is 5.82 Å². The van der Waals surface area contributed by atoms with Crippen LogP contribution in [0.3, 0.4) is 0 Å². The van der Waals surface area contributed by atoms with Crippen molar-refractivity contribution in [2.45, 2.75) is 6.92 Å². The standard InChI is InChI=1S/C8H8N4/c1-7-2-5-11-12(7)8-3-4-9-6-10-8/h2-6H,1H3. The van der Waals surface area contributed by atoms with E-state index in [1.165, 1.54) is 6.33 Å². The lowest BCUT2D eigenvalue weighted by Crippen LogP contribution is -2.00. The molecule has 0 aliphatic rings. The van der Waals surface area contributed by atoms with Gasteiger partial charge < -0.3 is 0 Å². The third-order valence-electron chi connectivity index (χ3n) is 1.62. The largest absolute Gasteiger partial charge is 0.245 e. The van der Waals surface area contributed by atoms with Gasteiger partial charge in [-0.3, -0.25) is 0 Å². The fourth-order valence-corrected chi connectivity index (χ4v) is 1.02. The molecule has 0 aromatic carbocycles. The molecule has 2 aromatic heterocycles. The van der Waals surface area contributed by atoms with Crippen molar-refractivity contribution >= 4 is 0 Å². The number of nitrogens with zero attached hydrogens (tertiary/aromatic N) is 4. The summed E-state index contributed by atoms with van der Waals surface area (Å²) < 4.78 is 1.77. The third kappa shape index (κ3) is 1.07. The third-order valence-corrected chi connectivity index (χ3v) is 1.62. The number of aryl methyl sites for hydroxylation is 1. The summed E-state index contributed by atoms with van der Waals surface area (Å²) in [6, 6.07) is 3.75. The molecule has 12 heavy (non-hydrogen) atoms. The summed E-state index contributed by atoms with van der Waals surface area (Å²) in [4.78, 5) is 7.90. The Balaban J connectivity index is 2.51. The van der Waals surface area contributed by atoms with Crippen molar-refractivity contribution < 1.29 is 0 Å². The van der Waals surface area contributed by atoms with Crippen molar-refractivity contribution in [3.05, 3.63) is 36.5 Å². The zero-order valence-electron chi connectivity index (χ0n) is 6.68. The molecule has 2 aromatic rings. The van der Waals surface area contributed by atoms with Crippen molar-refractivity contribution in [1.29, 1.82) is 0 Å². The van der Waals surface area contributed by atoms with E-state index in [-0.39, 0.29) is 0 Å². The Morgan fingerprint density at radius 2 is 2.17 bits per heavy atom. The van der Waals surface area contributed by atoms with Gasteiger partial charge in [0, 0.05) is 24.2 Å². The van der Waals surface area contributed by atoms with Crippen LogP contribution in [0.15, 0.2) is 30.9 Å². The average molecular weight is 160 g/mol. The molecule has 2 heterocycles. The molecule has 2 rings (SSSR count). The number of hydrogen-bond acceptors (Lipinski definition) is 3. The molecular weight excluding hydrogens is 152 g/mol. The molecular formula is C8H8N4. The van der Waals surface area contributed by atoms with Gasteiger partial charge in [-0.05, 0) is 13.0 Å². The van der Waals surface area contributed by atoms with E-state index >= 15 is 0 Å². The van der Waals surface area contributed by atoms with Gasteiger partial charge in [-0.1, -0.05) is 0 Å². The van der Waals surface area contributed by atoms with Crippen molar-refractivity contribution in [2.24, 2.45) is 0 Å². The second-order valence-corrected chi connectivity index (χ2v) is 2.45. The molecule has 0 spiro atoms. The Hall–Kier alpha value is -1.71. The summed E-state index contributed by atoms with van der Waals surface area (Å²) in [5, 5.41) is 4.11. The fraction of sp³-hybridized carbons (Fsp3) is 0.125. The molecule has 0 radical (unpaired) electrons. The quantitative estimate of drug-likeness (QED) is 0.624. The highest BCUT2D eigenvalue weighted by atomic mass is 15.3. The first kappa shape index (κ1) is 6.97. The Morgan fingerprint density at radius 1 is 1.25 bits per heavy atom. The van der Waals surface area contributed by atoms with Crippen molar-refractivity contribution in [2.75, 3.05) is 0 Å². The van der Waals surface area contributed by atoms with Crippen LogP contribution in [0.5, 0.6) is 0 Å². The van der Waals surface area contributed by atoms with Gasteiger partial charge in [0.25, 0.3) is 0 Å². The molecule has 0 saturated carbocycles. The molecule has 0 N–H and O–H groups in total. The summed E-state index contributed by atoms with van der Waals surface area (Å²) in [7, 11) is 0. The molecule has 0 saturated heterocycles. The van der Waals surface area contributed by atoms with Crippen LogP contribution in [0.4, 0.5) is 0 Å². The van der Waals surface area contributed by atoms with Gasteiger partial charge in [0.2, 0.25) is 0 Å². The molecule has 4 nitrogen and oxygen atoms in total. The summed E-state index contributed by atoms with van der Waals surface area (Å²) in [5.41, 5.74) is 1.06. The highest BCUT2D eigenvalue weighted by Gasteiger charge is 1.99. The van der Waals surface area contributed by atoms with Crippen LogP contribution in [-0.2, 0) is 0 Å². The molecule has 0 unspecified atom stereocenters. The molecule has 0 amide bonds. The summed E-state index contributed by atoms with van der Waals surface area (Å²) >= 11 is 0. The first-order valence-corrected chi connectivity index (χ1v) is 3.65. The van der Waals surface area contributed by atoms with E-state index < -0.39 is 0 Å². The minimum atomic E-state index is 0.799. The minimum absolute atomic E-state index is 0.799. The van der Waals surface area contributed by atoms with Gasteiger partial charge in [-0.25, -0.2) is 14.6 Å². The van der Waals surface area contributed by atoms with Crippen LogP contribution >= 0.6 is 0 Å². The number of rotatable bonds is 1. The Morgan fingerprint density at radius 3 is 2.75 bits per heavy atom. The Labute approximate surface area is 69.9 Å². The van der Waals surface area contributed by atoms with E-state index in [1.807, 2.05) is 19.1 Å². The van der Waals surface area contributed by atoms with Gasteiger partial charge >= 0.3 is 0 Å². The van der Waals surface area contributed by atoms with Gasteiger partial charge in [-0.2, -0.15) is 5.10 Å². The molecule has 4 heteroatoms. The van der Waals surface area contributed by atoms with E-state index in [4.69, 9.17) is 0 Å². The molecule has 60 valence electrons. The normalized spacial score (nSPS) is 10.1. The molecule has 0 aliphatic carbocycles. The average Bonchev–Trinajstić information content (AvgIpc) is 2.53. The topological polar surface area (TPSA) is 43.6 Å². The van der Waals surface area contributed by atoms with Gasteiger partial charge in [0.1, 0.15) is 6.33 Å².